The summed E-state index contributed by atoms with van der Waals surface area (Å²) < 4.78 is 25.6. The third-order valence-electron chi connectivity index (χ3n) is 4.85. The van der Waals surface area contributed by atoms with E-state index in [0.717, 1.165) is 10.7 Å². The van der Waals surface area contributed by atoms with Crippen molar-refractivity contribution < 1.29 is 13.2 Å². The van der Waals surface area contributed by atoms with Gasteiger partial charge in [-0.3, -0.25) is 4.79 Å². The monoisotopic (exact) mass is 367 g/mol. The zero-order valence-corrected chi connectivity index (χ0v) is 16.3. The van der Waals surface area contributed by atoms with Crippen LogP contribution in [0.15, 0.2) is 29.2 Å². The highest BCUT2D eigenvalue weighted by Crippen LogP contribution is 2.24. The molecule has 1 fully saturated rings. The number of hydrogen-bond acceptors (Lipinski definition) is 4. The Bertz CT molecular complexity index is 703. The molecule has 0 aromatic heterocycles. The maximum atomic E-state index is 12.5. The molecule has 1 aliphatic rings. The highest BCUT2D eigenvalue weighted by Gasteiger charge is 2.25. The van der Waals surface area contributed by atoms with E-state index in [9.17, 15) is 13.2 Å². The summed E-state index contributed by atoms with van der Waals surface area (Å²) in [7, 11) is -0.551. The van der Waals surface area contributed by atoms with E-state index in [1.165, 1.54) is 45.5 Å². The lowest BCUT2D eigenvalue weighted by molar-refractivity contribution is -0.118. The van der Waals surface area contributed by atoms with Gasteiger partial charge >= 0.3 is 0 Å². The Morgan fingerprint density at radius 2 is 1.92 bits per heavy atom. The SMILES string of the molecule is C[C@H](N[C@H]1CCCC[C@H]1C)C(=O)Nc1cccc(S(=O)(=O)N(C)C)c1. The first-order valence-corrected chi connectivity index (χ1v) is 10.3. The van der Waals surface area contributed by atoms with Gasteiger partial charge in [-0.1, -0.05) is 25.8 Å². The molecule has 0 unspecified atom stereocenters. The Morgan fingerprint density at radius 3 is 2.56 bits per heavy atom. The van der Waals surface area contributed by atoms with Crippen molar-refractivity contribution in [1.29, 1.82) is 0 Å². The molecule has 1 saturated carbocycles. The fourth-order valence-electron chi connectivity index (χ4n) is 3.16. The number of carbonyl (C=O) groups is 1. The minimum absolute atomic E-state index is 0.155. The van der Waals surface area contributed by atoms with E-state index in [1.54, 1.807) is 12.1 Å². The summed E-state index contributed by atoms with van der Waals surface area (Å²) in [6.45, 7) is 4.06. The normalized spacial score (nSPS) is 22.6. The third-order valence-corrected chi connectivity index (χ3v) is 6.66. The van der Waals surface area contributed by atoms with Crippen LogP contribution in [0.5, 0.6) is 0 Å². The second kappa shape index (κ2) is 8.29. The first-order valence-electron chi connectivity index (χ1n) is 8.81. The van der Waals surface area contributed by atoms with Crippen LogP contribution in [-0.4, -0.2) is 44.8 Å². The molecule has 2 N–H and O–H groups in total. The summed E-state index contributed by atoms with van der Waals surface area (Å²) in [4.78, 5) is 12.6. The zero-order chi connectivity index (χ0) is 18.6. The lowest BCUT2D eigenvalue weighted by atomic mass is 9.85. The number of nitrogens with zero attached hydrogens (tertiary/aromatic N) is 1. The van der Waals surface area contributed by atoms with Crippen LogP contribution in [0.1, 0.15) is 39.5 Å². The van der Waals surface area contributed by atoms with Gasteiger partial charge in [-0.2, -0.15) is 0 Å². The van der Waals surface area contributed by atoms with Gasteiger partial charge in [0.15, 0.2) is 0 Å². The quantitative estimate of drug-likeness (QED) is 0.809. The number of nitrogens with one attached hydrogen (secondary N) is 2. The molecule has 0 saturated heterocycles. The molecule has 7 heteroatoms. The molecule has 2 rings (SSSR count). The van der Waals surface area contributed by atoms with Gasteiger partial charge in [0, 0.05) is 25.8 Å². The van der Waals surface area contributed by atoms with Gasteiger partial charge in [-0.25, -0.2) is 12.7 Å². The molecule has 0 radical (unpaired) electrons. The Labute approximate surface area is 151 Å². The molecule has 1 aromatic rings. The summed E-state index contributed by atoms with van der Waals surface area (Å²) in [5.74, 6) is 0.412. The van der Waals surface area contributed by atoms with Crippen LogP contribution in [0.4, 0.5) is 5.69 Å². The highest BCUT2D eigenvalue weighted by atomic mass is 32.2. The van der Waals surface area contributed by atoms with Gasteiger partial charge in [-0.05, 0) is 43.9 Å². The molecule has 1 amide bonds. The van der Waals surface area contributed by atoms with Crippen LogP contribution in [0.3, 0.4) is 0 Å². The Kier molecular flexibility index (Phi) is 6.59. The van der Waals surface area contributed by atoms with Crippen molar-refractivity contribution in [2.24, 2.45) is 5.92 Å². The smallest absolute Gasteiger partial charge is 0.242 e. The van der Waals surface area contributed by atoms with Crippen LogP contribution in [0.25, 0.3) is 0 Å². The molecule has 25 heavy (non-hydrogen) atoms. The second-order valence-corrected chi connectivity index (χ2v) is 9.21. The summed E-state index contributed by atoms with van der Waals surface area (Å²) in [5.41, 5.74) is 0.485. The van der Waals surface area contributed by atoms with Crippen LogP contribution < -0.4 is 10.6 Å². The maximum absolute atomic E-state index is 12.5. The summed E-state index contributed by atoms with van der Waals surface area (Å²) >= 11 is 0. The van der Waals surface area contributed by atoms with Crippen LogP contribution in [-0.2, 0) is 14.8 Å². The maximum Gasteiger partial charge on any atom is 0.242 e. The molecule has 0 bridgehead atoms. The molecule has 140 valence electrons. The summed E-state index contributed by atoms with van der Waals surface area (Å²) in [6, 6.07) is 6.37. The number of anilines is 1. The minimum Gasteiger partial charge on any atom is -0.325 e. The molecule has 1 aliphatic carbocycles. The van der Waals surface area contributed by atoms with Crippen molar-refractivity contribution in [1.82, 2.24) is 9.62 Å². The van der Waals surface area contributed by atoms with Gasteiger partial charge in [-0.15, -0.1) is 0 Å². The predicted octanol–water partition coefficient (Wildman–Crippen LogP) is 2.43. The van der Waals surface area contributed by atoms with Gasteiger partial charge in [0.2, 0.25) is 15.9 Å². The lowest BCUT2D eigenvalue weighted by Gasteiger charge is -2.31. The number of benzene rings is 1. The van der Waals surface area contributed by atoms with Crippen molar-refractivity contribution in [3.05, 3.63) is 24.3 Å². The Morgan fingerprint density at radius 1 is 1.24 bits per heavy atom. The third kappa shape index (κ3) is 5.03. The molecule has 6 nitrogen and oxygen atoms in total. The summed E-state index contributed by atoms with van der Waals surface area (Å²) in [5, 5.41) is 6.23. The van der Waals surface area contributed by atoms with Crippen molar-refractivity contribution in [2.45, 2.75) is 56.5 Å². The van der Waals surface area contributed by atoms with Crippen LogP contribution in [0, 0.1) is 5.92 Å². The summed E-state index contributed by atoms with van der Waals surface area (Å²) in [6.07, 6.45) is 4.74. The first kappa shape index (κ1) is 19.9. The molecule has 0 spiro atoms. The number of carbonyl (C=O) groups excluding carboxylic acids is 1. The molecule has 3 atom stereocenters. The van der Waals surface area contributed by atoms with Gasteiger partial charge in [0.05, 0.1) is 10.9 Å². The molecular formula is C18H29N3O3S. The highest BCUT2D eigenvalue weighted by molar-refractivity contribution is 7.89. The fourth-order valence-corrected chi connectivity index (χ4v) is 4.10. The van der Waals surface area contributed by atoms with Crippen LogP contribution in [0.2, 0.25) is 0 Å². The molecule has 0 aliphatic heterocycles. The average Bonchev–Trinajstić information content (AvgIpc) is 2.57. The van der Waals surface area contributed by atoms with E-state index in [-0.39, 0.29) is 16.8 Å². The minimum atomic E-state index is -3.52. The Hall–Kier alpha value is -1.44. The number of amides is 1. The van der Waals surface area contributed by atoms with Crippen molar-refractivity contribution in [3.8, 4) is 0 Å². The average molecular weight is 368 g/mol. The number of hydrogen-bond donors (Lipinski definition) is 2. The van der Waals surface area contributed by atoms with Gasteiger partial charge in [0.25, 0.3) is 0 Å². The van der Waals surface area contributed by atoms with E-state index in [2.05, 4.69) is 17.6 Å². The van der Waals surface area contributed by atoms with E-state index in [4.69, 9.17) is 0 Å². The van der Waals surface area contributed by atoms with Crippen molar-refractivity contribution in [3.63, 3.8) is 0 Å². The first-order chi connectivity index (χ1) is 11.7. The van der Waals surface area contributed by atoms with E-state index >= 15 is 0 Å². The van der Waals surface area contributed by atoms with Crippen molar-refractivity contribution in [2.75, 3.05) is 19.4 Å². The predicted molar refractivity (Wildman–Crippen MR) is 100.0 cm³/mol. The molecular weight excluding hydrogens is 338 g/mol. The van der Waals surface area contributed by atoms with Crippen molar-refractivity contribution >= 4 is 21.6 Å². The lowest BCUT2D eigenvalue weighted by Crippen LogP contribution is -2.47. The topological polar surface area (TPSA) is 78.5 Å². The van der Waals surface area contributed by atoms with E-state index in [1.807, 2.05) is 6.92 Å². The second-order valence-electron chi connectivity index (χ2n) is 7.06. The van der Waals surface area contributed by atoms with Crippen LogP contribution >= 0.6 is 0 Å². The van der Waals surface area contributed by atoms with Gasteiger partial charge < -0.3 is 10.6 Å². The van der Waals surface area contributed by atoms with E-state index < -0.39 is 10.0 Å². The number of rotatable bonds is 6. The Balaban J connectivity index is 2.02. The van der Waals surface area contributed by atoms with E-state index in [0.29, 0.717) is 17.6 Å². The number of sulfonamides is 1. The molecule has 1 aromatic carbocycles. The molecule has 0 heterocycles. The standard InChI is InChI=1S/C18H29N3O3S/c1-13-8-5-6-11-17(13)19-14(2)18(22)20-15-9-7-10-16(12-15)25(23,24)21(3)4/h7,9-10,12-14,17,19H,5-6,8,11H2,1-4H3,(H,20,22)/t13-,14+,17+/m1/s1. The zero-order valence-electron chi connectivity index (χ0n) is 15.5. The fraction of sp³-hybridized carbons (Fsp3) is 0.611. The van der Waals surface area contributed by atoms with Gasteiger partial charge in [0.1, 0.15) is 0 Å². The largest absolute Gasteiger partial charge is 0.325 e.